The van der Waals surface area contributed by atoms with E-state index in [1.165, 1.54) is 15.3 Å². The van der Waals surface area contributed by atoms with Gasteiger partial charge in [-0.05, 0) is 50.7 Å². The lowest BCUT2D eigenvalue weighted by molar-refractivity contribution is 0.399. The molecular weight excluding hydrogens is 346 g/mol. The number of aromatic hydroxyl groups is 1. The van der Waals surface area contributed by atoms with Crippen LogP contribution in [0.2, 0.25) is 5.02 Å². The third-order valence-electron chi connectivity index (χ3n) is 3.85. The summed E-state index contributed by atoms with van der Waals surface area (Å²) >= 11 is 11.1. The fourth-order valence-corrected chi connectivity index (χ4v) is 2.95. The molecule has 0 radical (unpaired) electrons. The third kappa shape index (κ3) is 3.60. The van der Waals surface area contributed by atoms with Crippen molar-refractivity contribution in [1.29, 1.82) is 0 Å². The fourth-order valence-electron chi connectivity index (χ4n) is 2.40. The molecule has 0 aliphatic heterocycles. The van der Waals surface area contributed by atoms with E-state index in [4.69, 9.17) is 23.8 Å². The highest BCUT2D eigenvalue weighted by molar-refractivity contribution is 7.71. The Bertz CT molecular complexity index is 869. The molecule has 0 spiro atoms. The van der Waals surface area contributed by atoms with Gasteiger partial charge in [0.2, 0.25) is 5.88 Å². The normalized spacial score (nSPS) is 12.7. The summed E-state index contributed by atoms with van der Waals surface area (Å²) in [5, 5.41) is 11.0. The van der Waals surface area contributed by atoms with E-state index < -0.39 is 0 Å². The maximum atomic E-state index is 12.5. The number of benzene rings is 1. The van der Waals surface area contributed by atoms with Crippen LogP contribution >= 0.6 is 23.8 Å². The Labute approximate surface area is 150 Å². The lowest BCUT2D eigenvalue weighted by atomic mass is 10.1. The Morgan fingerprint density at radius 3 is 2.38 bits per heavy atom. The number of rotatable bonds is 5. The van der Waals surface area contributed by atoms with Crippen molar-refractivity contribution < 1.29 is 5.11 Å². The Balaban J connectivity index is 2.47. The minimum absolute atomic E-state index is 0.146. The molecule has 0 amide bonds. The van der Waals surface area contributed by atoms with Crippen LogP contribution in [0.15, 0.2) is 34.1 Å². The summed E-state index contributed by atoms with van der Waals surface area (Å²) in [6.07, 6.45) is 1.42. The van der Waals surface area contributed by atoms with E-state index in [1.807, 2.05) is 32.9 Å². The van der Waals surface area contributed by atoms with Gasteiger partial charge in [0.1, 0.15) is 5.56 Å². The zero-order chi connectivity index (χ0) is 17.9. The number of aromatic nitrogens is 2. The molecule has 5 nitrogen and oxygen atoms in total. The van der Waals surface area contributed by atoms with Crippen molar-refractivity contribution >= 4 is 30.0 Å². The van der Waals surface area contributed by atoms with Crippen molar-refractivity contribution in [2.75, 3.05) is 0 Å². The van der Waals surface area contributed by atoms with Crippen LogP contribution in [0.3, 0.4) is 0 Å². The summed E-state index contributed by atoms with van der Waals surface area (Å²) in [5.74, 6) is -0.149. The van der Waals surface area contributed by atoms with E-state index in [0.29, 0.717) is 22.9 Å². The van der Waals surface area contributed by atoms with Crippen LogP contribution < -0.4 is 5.56 Å². The highest BCUT2D eigenvalue weighted by Gasteiger charge is 2.14. The second-order valence-electron chi connectivity index (χ2n) is 5.32. The molecule has 7 heteroatoms. The standard InChI is InChI=1S/C17H20ClN3O2S/c1-4-20-15(22)14(16(23)21(5-2)17(20)24)10-19-11(3)12-6-8-13(18)9-7-12/h6-11,22H,4-5H2,1-3H3/t11-/m1/s1. The fraction of sp³-hybridized carbons (Fsp3) is 0.353. The van der Waals surface area contributed by atoms with E-state index in [-0.39, 0.29) is 23.0 Å². The molecule has 1 aromatic carbocycles. The summed E-state index contributed by atoms with van der Waals surface area (Å²) in [5.41, 5.74) is 0.777. The van der Waals surface area contributed by atoms with Crippen molar-refractivity contribution in [1.82, 2.24) is 9.13 Å². The van der Waals surface area contributed by atoms with Gasteiger partial charge < -0.3 is 5.11 Å². The van der Waals surface area contributed by atoms with Gasteiger partial charge in [0, 0.05) is 24.3 Å². The van der Waals surface area contributed by atoms with Crippen LogP contribution in [-0.2, 0) is 13.1 Å². The Kier molecular flexibility index (Phi) is 5.96. The number of nitrogens with zero attached hydrogens (tertiary/aromatic N) is 3. The van der Waals surface area contributed by atoms with Gasteiger partial charge in [0.25, 0.3) is 5.56 Å². The Morgan fingerprint density at radius 2 is 1.83 bits per heavy atom. The van der Waals surface area contributed by atoms with E-state index in [9.17, 15) is 9.90 Å². The Hall–Kier alpha value is -1.92. The first-order valence-corrected chi connectivity index (χ1v) is 8.54. The first-order chi connectivity index (χ1) is 11.4. The van der Waals surface area contributed by atoms with Gasteiger partial charge in [-0.1, -0.05) is 23.7 Å². The summed E-state index contributed by atoms with van der Waals surface area (Å²) in [6, 6.07) is 7.18. The average molecular weight is 366 g/mol. The van der Waals surface area contributed by atoms with Crippen molar-refractivity contribution in [2.45, 2.75) is 39.9 Å². The molecule has 0 saturated carbocycles. The average Bonchev–Trinajstić information content (AvgIpc) is 2.56. The first-order valence-electron chi connectivity index (χ1n) is 7.75. The van der Waals surface area contributed by atoms with Crippen LogP contribution in [0.25, 0.3) is 0 Å². The second kappa shape index (κ2) is 7.77. The van der Waals surface area contributed by atoms with Crippen LogP contribution in [-0.4, -0.2) is 20.5 Å². The predicted molar refractivity (Wildman–Crippen MR) is 100.0 cm³/mol. The van der Waals surface area contributed by atoms with E-state index in [0.717, 1.165) is 5.56 Å². The molecule has 24 heavy (non-hydrogen) atoms. The van der Waals surface area contributed by atoms with E-state index in [1.54, 1.807) is 12.1 Å². The van der Waals surface area contributed by atoms with Gasteiger partial charge in [0.15, 0.2) is 4.77 Å². The molecule has 0 unspecified atom stereocenters. The predicted octanol–water partition coefficient (Wildman–Crippen LogP) is 3.96. The third-order valence-corrected chi connectivity index (χ3v) is 4.54. The van der Waals surface area contributed by atoms with Crippen molar-refractivity contribution in [3.05, 3.63) is 55.5 Å². The molecule has 0 aliphatic carbocycles. The van der Waals surface area contributed by atoms with Crippen molar-refractivity contribution in [3.8, 4) is 5.88 Å². The molecule has 0 bridgehead atoms. The number of hydrogen-bond acceptors (Lipinski definition) is 4. The SMILES string of the molecule is CCn1c(O)c(C=N[C@H](C)c2ccc(Cl)cc2)c(=O)n(CC)c1=S. The van der Waals surface area contributed by atoms with Crippen LogP contribution in [0.4, 0.5) is 0 Å². The topological polar surface area (TPSA) is 59.5 Å². The zero-order valence-electron chi connectivity index (χ0n) is 13.9. The molecule has 2 aromatic rings. The first kappa shape index (κ1) is 18.4. The highest BCUT2D eigenvalue weighted by Crippen LogP contribution is 2.20. The molecule has 0 saturated heterocycles. The molecule has 1 aromatic heterocycles. The quantitative estimate of drug-likeness (QED) is 0.644. The minimum Gasteiger partial charge on any atom is -0.494 e. The van der Waals surface area contributed by atoms with Crippen LogP contribution in [0.1, 0.15) is 37.9 Å². The summed E-state index contributed by atoms with van der Waals surface area (Å²) in [7, 11) is 0. The van der Waals surface area contributed by atoms with Gasteiger partial charge in [-0.2, -0.15) is 0 Å². The van der Waals surface area contributed by atoms with Crippen molar-refractivity contribution in [2.24, 2.45) is 4.99 Å². The molecule has 1 N–H and O–H groups in total. The lowest BCUT2D eigenvalue weighted by Gasteiger charge is -2.14. The summed E-state index contributed by atoms with van der Waals surface area (Å²) in [4.78, 5) is 16.9. The molecule has 2 rings (SSSR count). The number of halogens is 1. The molecule has 1 heterocycles. The molecule has 1 atom stereocenters. The molecule has 0 fully saturated rings. The lowest BCUT2D eigenvalue weighted by Crippen LogP contribution is -2.28. The highest BCUT2D eigenvalue weighted by atomic mass is 35.5. The van der Waals surface area contributed by atoms with Crippen LogP contribution in [0.5, 0.6) is 5.88 Å². The zero-order valence-corrected chi connectivity index (χ0v) is 15.4. The monoisotopic (exact) mass is 365 g/mol. The molecular formula is C17H20ClN3O2S. The number of aliphatic imine (C=N–C) groups is 1. The minimum atomic E-state index is -0.336. The molecule has 128 valence electrons. The Morgan fingerprint density at radius 1 is 1.25 bits per heavy atom. The largest absolute Gasteiger partial charge is 0.494 e. The maximum Gasteiger partial charge on any atom is 0.267 e. The summed E-state index contributed by atoms with van der Waals surface area (Å²) < 4.78 is 3.28. The smallest absolute Gasteiger partial charge is 0.267 e. The van der Waals surface area contributed by atoms with Gasteiger partial charge in [0.05, 0.1) is 6.04 Å². The number of hydrogen-bond donors (Lipinski definition) is 1. The van der Waals surface area contributed by atoms with E-state index >= 15 is 0 Å². The molecule has 0 aliphatic rings. The second-order valence-corrected chi connectivity index (χ2v) is 6.12. The van der Waals surface area contributed by atoms with Crippen LogP contribution in [0, 0.1) is 4.77 Å². The van der Waals surface area contributed by atoms with Gasteiger partial charge >= 0.3 is 0 Å². The van der Waals surface area contributed by atoms with Crippen molar-refractivity contribution in [3.63, 3.8) is 0 Å². The van der Waals surface area contributed by atoms with Gasteiger partial charge in [-0.15, -0.1) is 0 Å². The van der Waals surface area contributed by atoms with E-state index in [2.05, 4.69) is 4.99 Å². The van der Waals surface area contributed by atoms with Gasteiger partial charge in [-0.25, -0.2) is 0 Å². The van der Waals surface area contributed by atoms with Gasteiger partial charge in [-0.3, -0.25) is 18.9 Å². The maximum absolute atomic E-state index is 12.5. The summed E-state index contributed by atoms with van der Waals surface area (Å²) in [6.45, 7) is 6.51.